The van der Waals surface area contributed by atoms with E-state index in [1.54, 1.807) is 12.1 Å². The first-order valence-electron chi connectivity index (χ1n) is 8.79. The second-order valence-corrected chi connectivity index (χ2v) is 6.88. The van der Waals surface area contributed by atoms with E-state index in [1.807, 2.05) is 30.9 Å². The first-order valence-corrected chi connectivity index (χ1v) is 8.79. The lowest BCUT2D eigenvalue weighted by atomic mass is 9.97. The van der Waals surface area contributed by atoms with Gasteiger partial charge < -0.3 is 15.3 Å². The Labute approximate surface area is 144 Å². The SMILES string of the molecule is CC(C)C(=O)NC[C@@H]1CCCN(C(=O)CCc2ccccc2O)C1. The number of hydrogen-bond donors (Lipinski definition) is 2. The number of phenolic OH excluding ortho intramolecular Hbond substituents is 1. The highest BCUT2D eigenvalue weighted by atomic mass is 16.3. The summed E-state index contributed by atoms with van der Waals surface area (Å²) in [6.07, 6.45) is 2.98. The largest absolute Gasteiger partial charge is 0.508 e. The smallest absolute Gasteiger partial charge is 0.222 e. The Hall–Kier alpha value is -2.04. The standard InChI is InChI=1S/C19H28N2O3/c1-14(2)19(24)20-12-15-6-5-11-21(13-15)18(23)10-9-16-7-3-4-8-17(16)22/h3-4,7-8,14-15,22H,5-6,9-13H2,1-2H3,(H,20,24)/t15-/m0/s1. The van der Waals surface area contributed by atoms with Crippen molar-refractivity contribution in [2.45, 2.75) is 39.5 Å². The van der Waals surface area contributed by atoms with Crippen molar-refractivity contribution in [3.8, 4) is 5.75 Å². The Balaban J connectivity index is 1.79. The maximum Gasteiger partial charge on any atom is 0.222 e. The molecule has 1 aromatic carbocycles. The van der Waals surface area contributed by atoms with E-state index in [9.17, 15) is 14.7 Å². The maximum absolute atomic E-state index is 12.4. The molecular formula is C19H28N2O3. The van der Waals surface area contributed by atoms with E-state index in [0.717, 1.165) is 24.9 Å². The number of rotatable bonds is 6. The van der Waals surface area contributed by atoms with Gasteiger partial charge in [0.15, 0.2) is 0 Å². The number of carbonyl (C=O) groups is 2. The van der Waals surface area contributed by atoms with Crippen LogP contribution >= 0.6 is 0 Å². The van der Waals surface area contributed by atoms with Gasteiger partial charge in [0.2, 0.25) is 11.8 Å². The van der Waals surface area contributed by atoms with Crippen molar-refractivity contribution in [3.05, 3.63) is 29.8 Å². The number of benzene rings is 1. The molecule has 1 fully saturated rings. The number of aromatic hydroxyl groups is 1. The number of phenols is 1. The van der Waals surface area contributed by atoms with Crippen LogP contribution in [0.15, 0.2) is 24.3 Å². The zero-order chi connectivity index (χ0) is 17.5. The molecule has 1 aromatic rings. The molecule has 24 heavy (non-hydrogen) atoms. The van der Waals surface area contributed by atoms with Gasteiger partial charge in [-0.05, 0) is 36.8 Å². The molecule has 0 spiro atoms. The lowest BCUT2D eigenvalue weighted by Gasteiger charge is -2.33. The number of likely N-dealkylation sites (tertiary alicyclic amines) is 1. The summed E-state index contributed by atoms with van der Waals surface area (Å²) in [7, 11) is 0. The zero-order valence-corrected chi connectivity index (χ0v) is 14.6. The highest BCUT2D eigenvalue weighted by molar-refractivity contribution is 5.78. The Morgan fingerprint density at radius 3 is 2.79 bits per heavy atom. The molecule has 0 aliphatic carbocycles. The van der Waals surface area contributed by atoms with Crippen LogP contribution in [-0.4, -0.2) is 41.5 Å². The van der Waals surface area contributed by atoms with Crippen molar-refractivity contribution in [1.29, 1.82) is 0 Å². The topological polar surface area (TPSA) is 69.6 Å². The van der Waals surface area contributed by atoms with Crippen molar-refractivity contribution in [2.24, 2.45) is 11.8 Å². The molecule has 0 unspecified atom stereocenters. The fourth-order valence-electron chi connectivity index (χ4n) is 3.03. The van der Waals surface area contributed by atoms with Gasteiger partial charge in [-0.15, -0.1) is 0 Å². The highest BCUT2D eigenvalue weighted by Crippen LogP contribution is 2.20. The second-order valence-electron chi connectivity index (χ2n) is 6.88. The summed E-state index contributed by atoms with van der Waals surface area (Å²) < 4.78 is 0. The van der Waals surface area contributed by atoms with Gasteiger partial charge in [0.1, 0.15) is 5.75 Å². The molecule has 0 aromatic heterocycles. The third-order valence-corrected chi connectivity index (χ3v) is 4.56. The van der Waals surface area contributed by atoms with Crippen molar-refractivity contribution in [3.63, 3.8) is 0 Å². The molecule has 0 radical (unpaired) electrons. The number of carbonyl (C=O) groups excluding carboxylic acids is 2. The van der Waals surface area contributed by atoms with Crippen LogP contribution in [0, 0.1) is 11.8 Å². The minimum absolute atomic E-state index is 0.00937. The van der Waals surface area contributed by atoms with Crippen LogP contribution < -0.4 is 5.32 Å². The van der Waals surface area contributed by atoms with E-state index >= 15 is 0 Å². The van der Waals surface area contributed by atoms with Crippen LogP contribution in [0.25, 0.3) is 0 Å². The maximum atomic E-state index is 12.4. The summed E-state index contributed by atoms with van der Waals surface area (Å²) in [5.41, 5.74) is 0.809. The summed E-state index contributed by atoms with van der Waals surface area (Å²) in [4.78, 5) is 26.0. The van der Waals surface area contributed by atoms with Gasteiger partial charge in [-0.25, -0.2) is 0 Å². The molecule has 2 N–H and O–H groups in total. The van der Waals surface area contributed by atoms with E-state index in [1.165, 1.54) is 0 Å². The Morgan fingerprint density at radius 2 is 2.08 bits per heavy atom. The average Bonchev–Trinajstić information content (AvgIpc) is 2.58. The third-order valence-electron chi connectivity index (χ3n) is 4.56. The van der Waals surface area contributed by atoms with Crippen LogP contribution in [0.5, 0.6) is 5.75 Å². The first kappa shape index (κ1) is 18.3. The lowest BCUT2D eigenvalue weighted by molar-refractivity contribution is -0.132. The van der Waals surface area contributed by atoms with Crippen molar-refractivity contribution in [2.75, 3.05) is 19.6 Å². The predicted octanol–water partition coefficient (Wildman–Crippen LogP) is 2.34. The molecule has 132 valence electrons. The second kappa shape index (κ2) is 8.71. The molecule has 0 saturated carbocycles. The van der Waals surface area contributed by atoms with Gasteiger partial charge in [0, 0.05) is 32.0 Å². The summed E-state index contributed by atoms with van der Waals surface area (Å²) in [6, 6.07) is 7.15. The Kier molecular flexibility index (Phi) is 6.64. The number of piperidine rings is 1. The van der Waals surface area contributed by atoms with E-state index < -0.39 is 0 Å². The molecule has 2 rings (SSSR count). The number of para-hydroxylation sites is 1. The van der Waals surface area contributed by atoms with Crippen molar-refractivity contribution in [1.82, 2.24) is 10.2 Å². The van der Waals surface area contributed by atoms with Gasteiger partial charge in [0.05, 0.1) is 0 Å². The molecule has 1 saturated heterocycles. The molecular weight excluding hydrogens is 304 g/mol. The van der Waals surface area contributed by atoms with E-state index in [2.05, 4.69) is 5.32 Å². The average molecular weight is 332 g/mol. The van der Waals surface area contributed by atoms with Crippen LogP contribution in [0.2, 0.25) is 0 Å². The fourth-order valence-corrected chi connectivity index (χ4v) is 3.03. The lowest BCUT2D eigenvalue weighted by Crippen LogP contribution is -2.44. The Bertz CT molecular complexity index is 571. The summed E-state index contributed by atoms with van der Waals surface area (Å²) >= 11 is 0. The van der Waals surface area contributed by atoms with Gasteiger partial charge in [-0.3, -0.25) is 9.59 Å². The normalized spacial score (nSPS) is 17.8. The predicted molar refractivity (Wildman–Crippen MR) is 93.6 cm³/mol. The molecule has 2 amide bonds. The molecule has 1 atom stereocenters. The van der Waals surface area contributed by atoms with E-state index in [4.69, 9.17) is 0 Å². The van der Waals surface area contributed by atoms with E-state index in [0.29, 0.717) is 31.8 Å². The zero-order valence-electron chi connectivity index (χ0n) is 14.6. The molecule has 1 aliphatic heterocycles. The molecule has 1 aliphatic rings. The minimum atomic E-state index is -0.00937. The summed E-state index contributed by atoms with van der Waals surface area (Å²) in [5, 5.41) is 12.7. The minimum Gasteiger partial charge on any atom is -0.508 e. The Morgan fingerprint density at radius 1 is 1.33 bits per heavy atom. The first-order chi connectivity index (χ1) is 11.5. The number of aryl methyl sites for hydroxylation is 1. The van der Waals surface area contributed by atoms with Crippen molar-refractivity contribution >= 4 is 11.8 Å². The summed E-state index contributed by atoms with van der Waals surface area (Å²) in [5.74, 6) is 0.759. The highest BCUT2D eigenvalue weighted by Gasteiger charge is 2.24. The fraction of sp³-hybridized carbons (Fsp3) is 0.579. The van der Waals surface area contributed by atoms with Crippen LogP contribution in [-0.2, 0) is 16.0 Å². The monoisotopic (exact) mass is 332 g/mol. The van der Waals surface area contributed by atoms with E-state index in [-0.39, 0.29) is 23.5 Å². The third kappa shape index (κ3) is 5.25. The number of hydrogen-bond acceptors (Lipinski definition) is 3. The van der Waals surface area contributed by atoms with Gasteiger partial charge >= 0.3 is 0 Å². The summed E-state index contributed by atoms with van der Waals surface area (Å²) in [6.45, 7) is 5.89. The molecule has 1 heterocycles. The number of nitrogens with zero attached hydrogens (tertiary/aromatic N) is 1. The van der Waals surface area contributed by atoms with Crippen LogP contribution in [0.3, 0.4) is 0 Å². The molecule has 5 heteroatoms. The van der Waals surface area contributed by atoms with Gasteiger partial charge in [0.25, 0.3) is 0 Å². The van der Waals surface area contributed by atoms with Gasteiger partial charge in [-0.1, -0.05) is 32.0 Å². The molecule has 0 bridgehead atoms. The van der Waals surface area contributed by atoms with Crippen LogP contribution in [0.1, 0.15) is 38.7 Å². The molecule has 5 nitrogen and oxygen atoms in total. The van der Waals surface area contributed by atoms with Gasteiger partial charge in [-0.2, -0.15) is 0 Å². The van der Waals surface area contributed by atoms with Crippen molar-refractivity contribution < 1.29 is 14.7 Å². The quantitative estimate of drug-likeness (QED) is 0.840. The number of amides is 2. The number of nitrogens with one attached hydrogen (secondary N) is 1. The van der Waals surface area contributed by atoms with Crippen LogP contribution in [0.4, 0.5) is 0 Å².